The third kappa shape index (κ3) is 5.70. The molecule has 2 aromatic rings. The number of piperidine rings is 1. The summed E-state index contributed by atoms with van der Waals surface area (Å²) in [4.78, 5) is 36.7. The molecule has 3 atom stereocenters. The summed E-state index contributed by atoms with van der Waals surface area (Å²) >= 11 is 6.92. The van der Waals surface area contributed by atoms with Gasteiger partial charge in [0, 0.05) is 25.8 Å². The lowest BCUT2D eigenvalue weighted by Gasteiger charge is -2.36. The second kappa shape index (κ2) is 11.5. The molecule has 2 aliphatic heterocycles. The zero-order valence-corrected chi connectivity index (χ0v) is 23.8. The Morgan fingerprint density at radius 1 is 1.19 bits per heavy atom. The van der Waals surface area contributed by atoms with Crippen LogP contribution in [0.4, 0.5) is 5.82 Å². The van der Waals surface area contributed by atoms with Crippen molar-refractivity contribution in [2.24, 2.45) is 17.8 Å². The van der Waals surface area contributed by atoms with Crippen molar-refractivity contribution < 1.29 is 4.79 Å². The molecule has 36 heavy (non-hydrogen) atoms. The fourth-order valence-corrected chi connectivity index (χ4v) is 6.67. The van der Waals surface area contributed by atoms with Crippen LogP contribution in [0.1, 0.15) is 70.9 Å². The largest absolute Gasteiger partial charge is 0.355 e. The van der Waals surface area contributed by atoms with Gasteiger partial charge in [0.2, 0.25) is 0 Å². The summed E-state index contributed by atoms with van der Waals surface area (Å²) < 4.78 is 2.17. The fraction of sp³-hybridized carbons (Fsp3) is 0.571. The van der Waals surface area contributed by atoms with Gasteiger partial charge in [0.15, 0.2) is 0 Å². The smallest absolute Gasteiger partial charge is 0.267 e. The highest BCUT2D eigenvalue weighted by molar-refractivity contribution is 8.26. The number of anilines is 1. The molecule has 6 nitrogen and oxygen atoms in total. The highest BCUT2D eigenvalue weighted by Crippen LogP contribution is 2.35. The van der Waals surface area contributed by atoms with E-state index >= 15 is 0 Å². The Bertz CT molecular complexity index is 1230. The Morgan fingerprint density at radius 2 is 1.92 bits per heavy atom. The Morgan fingerprint density at radius 3 is 2.58 bits per heavy atom. The summed E-state index contributed by atoms with van der Waals surface area (Å²) in [5, 5.41) is 0. The summed E-state index contributed by atoms with van der Waals surface area (Å²) in [6.45, 7) is 13.1. The summed E-state index contributed by atoms with van der Waals surface area (Å²) in [6.07, 6.45) is 9.12. The molecule has 0 radical (unpaired) electrons. The van der Waals surface area contributed by atoms with Gasteiger partial charge in [0.25, 0.3) is 11.5 Å². The summed E-state index contributed by atoms with van der Waals surface area (Å²) in [6, 6.07) is 3.86. The van der Waals surface area contributed by atoms with E-state index in [1.54, 1.807) is 15.4 Å². The molecule has 0 aliphatic carbocycles. The van der Waals surface area contributed by atoms with Crippen molar-refractivity contribution in [1.29, 1.82) is 0 Å². The molecule has 2 aliphatic rings. The molecular formula is C28H38N4O2S2. The number of nitrogens with zero attached hydrogens (tertiary/aromatic N) is 4. The van der Waals surface area contributed by atoms with Crippen LogP contribution in [0.5, 0.6) is 0 Å². The second-order valence-corrected chi connectivity index (χ2v) is 12.3. The molecule has 194 valence electrons. The Hall–Kier alpha value is -2.19. The molecule has 0 unspecified atom stereocenters. The fourth-order valence-electron chi connectivity index (χ4n) is 5.41. The number of carbonyl (C=O) groups excluding carboxylic acids is 1. The topological polar surface area (TPSA) is 57.9 Å². The normalized spacial score (nSPS) is 22.8. The second-order valence-electron chi connectivity index (χ2n) is 10.6. The van der Waals surface area contributed by atoms with Gasteiger partial charge in [-0.1, -0.05) is 77.0 Å². The molecule has 0 N–H and O–H groups in total. The monoisotopic (exact) mass is 526 g/mol. The summed E-state index contributed by atoms with van der Waals surface area (Å²) in [7, 11) is 0. The first-order chi connectivity index (χ1) is 17.2. The average molecular weight is 527 g/mol. The number of amides is 1. The van der Waals surface area contributed by atoms with Crippen LogP contribution in [0.25, 0.3) is 11.7 Å². The van der Waals surface area contributed by atoms with Crippen LogP contribution >= 0.6 is 24.0 Å². The van der Waals surface area contributed by atoms with Crippen LogP contribution in [0, 0.1) is 24.7 Å². The molecule has 4 heterocycles. The average Bonchev–Trinajstić information content (AvgIpc) is 3.10. The van der Waals surface area contributed by atoms with Crippen LogP contribution in [0.2, 0.25) is 0 Å². The minimum Gasteiger partial charge on any atom is -0.355 e. The summed E-state index contributed by atoms with van der Waals surface area (Å²) in [5.74, 6) is 2.01. The number of hydrogen-bond acceptors (Lipinski definition) is 6. The standard InChI is InChI=1S/C28H38N4O2S2/c1-6-8-9-21(7-2)17-32-27(34)23(36-28(32)35)13-22-25(30-14-19(4)12-20(5)15-30)29-24-11-10-18(3)16-31(24)26(22)33/h10-11,13,16,19-21H,6-9,12,14-15,17H2,1-5H3/b23-13-/t19-,20+,21-/m0/s1. The number of aromatic nitrogens is 2. The van der Waals surface area contributed by atoms with Gasteiger partial charge in [0.1, 0.15) is 15.8 Å². The lowest BCUT2D eigenvalue weighted by atomic mass is 9.91. The third-order valence-electron chi connectivity index (χ3n) is 7.29. The van der Waals surface area contributed by atoms with Gasteiger partial charge in [-0.3, -0.25) is 18.9 Å². The minimum absolute atomic E-state index is 0.0972. The molecule has 0 aromatic carbocycles. The number of thiocarbonyl (C=S) groups is 1. The lowest BCUT2D eigenvalue weighted by molar-refractivity contribution is -0.122. The van der Waals surface area contributed by atoms with Gasteiger partial charge in [-0.25, -0.2) is 4.98 Å². The summed E-state index contributed by atoms with van der Waals surface area (Å²) in [5.41, 5.74) is 1.93. The number of carbonyl (C=O) groups is 1. The molecule has 0 bridgehead atoms. The van der Waals surface area contributed by atoms with Gasteiger partial charge in [0.05, 0.1) is 10.5 Å². The quantitative estimate of drug-likeness (QED) is 0.315. The maximum absolute atomic E-state index is 13.8. The number of unbranched alkanes of at least 4 members (excludes halogenated alkanes) is 1. The number of fused-ring (bicyclic) bond motifs is 1. The van der Waals surface area contributed by atoms with E-state index in [9.17, 15) is 9.59 Å². The number of aryl methyl sites for hydroxylation is 1. The van der Waals surface area contributed by atoms with Crippen molar-refractivity contribution in [3.63, 3.8) is 0 Å². The first-order valence-electron chi connectivity index (χ1n) is 13.2. The highest BCUT2D eigenvalue weighted by atomic mass is 32.2. The molecule has 2 saturated heterocycles. The van der Waals surface area contributed by atoms with E-state index < -0.39 is 0 Å². The van der Waals surface area contributed by atoms with Crippen molar-refractivity contribution in [3.8, 4) is 0 Å². The van der Waals surface area contributed by atoms with Gasteiger partial charge in [-0.05, 0) is 55.2 Å². The zero-order chi connectivity index (χ0) is 26.0. The van der Waals surface area contributed by atoms with Crippen molar-refractivity contribution in [3.05, 3.63) is 44.7 Å². The van der Waals surface area contributed by atoms with Crippen molar-refractivity contribution >= 4 is 51.7 Å². The van der Waals surface area contributed by atoms with Gasteiger partial charge in [-0.2, -0.15) is 0 Å². The van der Waals surface area contributed by atoms with Crippen molar-refractivity contribution in [1.82, 2.24) is 14.3 Å². The first-order valence-corrected chi connectivity index (χ1v) is 14.5. The van der Waals surface area contributed by atoms with E-state index in [2.05, 4.69) is 32.6 Å². The van der Waals surface area contributed by atoms with E-state index in [0.717, 1.165) is 50.8 Å². The number of pyridine rings is 1. The molecule has 2 aromatic heterocycles. The van der Waals surface area contributed by atoms with Crippen LogP contribution in [-0.4, -0.2) is 44.1 Å². The Balaban J connectivity index is 1.75. The van der Waals surface area contributed by atoms with E-state index in [1.165, 1.54) is 11.8 Å². The molecule has 4 rings (SSSR count). The predicted molar refractivity (Wildman–Crippen MR) is 155 cm³/mol. The SMILES string of the molecule is CCCC[C@H](CC)CN1C(=O)/C(=C/c2c(N3C[C@H](C)C[C@H](C)C3)nc3ccc(C)cn3c2=O)SC1=S. The van der Waals surface area contributed by atoms with E-state index in [-0.39, 0.29) is 11.5 Å². The molecule has 0 spiro atoms. The molecule has 8 heteroatoms. The van der Waals surface area contributed by atoms with E-state index in [0.29, 0.717) is 50.6 Å². The molecule has 2 fully saturated rings. The number of thioether (sulfide) groups is 1. The van der Waals surface area contributed by atoms with Crippen LogP contribution in [0.15, 0.2) is 28.0 Å². The molecule has 1 amide bonds. The van der Waals surface area contributed by atoms with Crippen molar-refractivity contribution in [2.45, 2.75) is 66.7 Å². The van der Waals surface area contributed by atoms with E-state index in [4.69, 9.17) is 17.2 Å². The number of rotatable bonds is 8. The van der Waals surface area contributed by atoms with E-state index in [1.807, 2.05) is 25.3 Å². The predicted octanol–water partition coefficient (Wildman–Crippen LogP) is 5.90. The molecular weight excluding hydrogens is 488 g/mol. The maximum atomic E-state index is 13.8. The Labute approximate surface area is 224 Å². The van der Waals surface area contributed by atoms with Crippen LogP contribution in [-0.2, 0) is 4.79 Å². The van der Waals surface area contributed by atoms with Crippen LogP contribution in [0.3, 0.4) is 0 Å². The highest BCUT2D eigenvalue weighted by Gasteiger charge is 2.34. The number of hydrogen-bond donors (Lipinski definition) is 0. The third-order valence-corrected chi connectivity index (χ3v) is 8.66. The Kier molecular flexibility index (Phi) is 8.56. The van der Waals surface area contributed by atoms with Crippen molar-refractivity contribution in [2.75, 3.05) is 24.5 Å². The zero-order valence-electron chi connectivity index (χ0n) is 22.1. The minimum atomic E-state index is -0.149. The first kappa shape index (κ1) is 26.9. The lowest BCUT2D eigenvalue weighted by Crippen LogP contribution is -2.40. The maximum Gasteiger partial charge on any atom is 0.267 e. The van der Waals surface area contributed by atoms with Gasteiger partial charge >= 0.3 is 0 Å². The van der Waals surface area contributed by atoms with Gasteiger partial charge < -0.3 is 4.90 Å². The van der Waals surface area contributed by atoms with Gasteiger partial charge in [-0.15, -0.1) is 0 Å². The molecule has 0 saturated carbocycles. The van der Waals surface area contributed by atoms with Crippen LogP contribution < -0.4 is 10.5 Å².